The van der Waals surface area contributed by atoms with Crippen LogP contribution >= 0.6 is 11.6 Å². The van der Waals surface area contributed by atoms with Crippen molar-refractivity contribution in [2.45, 2.75) is 57.7 Å². The van der Waals surface area contributed by atoms with Gasteiger partial charge in [-0.15, -0.1) is 0 Å². The molecule has 0 aliphatic carbocycles. The molecule has 0 aliphatic rings. The first-order chi connectivity index (χ1) is 15.6. The van der Waals surface area contributed by atoms with E-state index in [1.165, 1.54) is 12.1 Å². The average molecular weight is 486 g/mol. The van der Waals surface area contributed by atoms with Gasteiger partial charge in [-0.1, -0.05) is 49.9 Å². The molecule has 0 fully saturated rings. The highest BCUT2D eigenvalue weighted by Gasteiger charge is 2.33. The Kier molecular flexibility index (Phi) is 10.0. The third-order valence-corrected chi connectivity index (χ3v) is 5.34. The van der Waals surface area contributed by atoms with Crippen LogP contribution in [0.1, 0.15) is 73.0 Å². The van der Waals surface area contributed by atoms with Crippen molar-refractivity contribution in [1.29, 1.82) is 0 Å². The summed E-state index contributed by atoms with van der Waals surface area (Å²) in [4.78, 5) is 22.7. The third kappa shape index (κ3) is 8.61. The lowest BCUT2D eigenvalue weighted by atomic mass is 10.0. The third-order valence-electron chi connectivity index (χ3n) is 5.01. The summed E-state index contributed by atoms with van der Waals surface area (Å²) in [6, 6.07) is 10.0. The van der Waals surface area contributed by atoms with Crippen molar-refractivity contribution in [3.63, 3.8) is 0 Å². The fourth-order valence-corrected chi connectivity index (χ4v) is 3.47. The van der Waals surface area contributed by atoms with Gasteiger partial charge in [0.15, 0.2) is 0 Å². The van der Waals surface area contributed by atoms with Crippen LogP contribution in [0.5, 0.6) is 5.75 Å². The molecular weight excluding hydrogens is 459 g/mol. The molecule has 2 aromatic rings. The van der Waals surface area contributed by atoms with E-state index in [9.17, 15) is 22.8 Å². The van der Waals surface area contributed by atoms with Crippen LogP contribution < -0.4 is 10.1 Å². The largest absolute Gasteiger partial charge is 0.486 e. The first-order valence-electron chi connectivity index (χ1n) is 10.7. The lowest BCUT2D eigenvalue weighted by molar-refractivity contribution is -0.138. The predicted octanol–water partition coefficient (Wildman–Crippen LogP) is 6.65. The number of aliphatic carboxylic acids is 1. The summed E-state index contributed by atoms with van der Waals surface area (Å²) in [5, 5.41) is 10.8. The van der Waals surface area contributed by atoms with Crippen molar-refractivity contribution in [3.8, 4) is 5.75 Å². The Morgan fingerprint density at radius 1 is 1.09 bits per heavy atom. The molecule has 180 valence electrons. The number of alkyl halides is 3. The molecule has 1 atom stereocenters. The van der Waals surface area contributed by atoms with Crippen molar-refractivity contribution in [1.82, 2.24) is 5.32 Å². The number of nitrogens with one attached hydrogen (secondary N) is 1. The molecule has 0 aliphatic heterocycles. The monoisotopic (exact) mass is 485 g/mol. The Balaban J connectivity index is 2.18. The normalized spacial score (nSPS) is 12.3. The zero-order chi connectivity index (χ0) is 24.4. The summed E-state index contributed by atoms with van der Waals surface area (Å²) < 4.78 is 45.6. The fourth-order valence-electron chi connectivity index (χ4n) is 3.24. The van der Waals surface area contributed by atoms with Gasteiger partial charge in [0, 0.05) is 12.1 Å². The van der Waals surface area contributed by atoms with Crippen LogP contribution in [-0.4, -0.2) is 23.5 Å². The summed E-state index contributed by atoms with van der Waals surface area (Å²) in [6.45, 7) is 2.10. The minimum Gasteiger partial charge on any atom is -0.486 e. The number of benzene rings is 2. The molecule has 2 N–H and O–H groups in total. The summed E-state index contributed by atoms with van der Waals surface area (Å²) in [6.07, 6.45) is -0.807. The Bertz CT molecular complexity index is 932. The lowest BCUT2D eigenvalue weighted by Crippen LogP contribution is -2.26. The zero-order valence-corrected chi connectivity index (χ0v) is 19.0. The van der Waals surface area contributed by atoms with Crippen LogP contribution in [0.25, 0.3) is 0 Å². The molecular formula is C24H27ClF3NO4. The minimum absolute atomic E-state index is 0.0111. The van der Waals surface area contributed by atoms with Crippen LogP contribution in [0, 0.1) is 0 Å². The second-order valence-electron chi connectivity index (χ2n) is 7.62. The van der Waals surface area contributed by atoms with E-state index in [2.05, 4.69) is 12.2 Å². The topological polar surface area (TPSA) is 75.6 Å². The first kappa shape index (κ1) is 26.5. The van der Waals surface area contributed by atoms with E-state index in [4.69, 9.17) is 21.4 Å². The zero-order valence-electron chi connectivity index (χ0n) is 18.3. The number of unbranched alkanes of at least 4 members (excludes halogenated alkanes) is 3. The quantitative estimate of drug-likeness (QED) is 0.330. The molecule has 0 spiro atoms. The van der Waals surface area contributed by atoms with Crippen LogP contribution in [0.3, 0.4) is 0 Å². The van der Waals surface area contributed by atoms with Gasteiger partial charge in [-0.25, -0.2) is 0 Å². The highest BCUT2D eigenvalue weighted by Crippen LogP contribution is 2.38. The van der Waals surface area contributed by atoms with E-state index in [0.717, 1.165) is 37.3 Å². The summed E-state index contributed by atoms with van der Waals surface area (Å²) in [7, 11) is 0. The van der Waals surface area contributed by atoms with E-state index in [-0.39, 0.29) is 18.7 Å². The molecule has 0 saturated heterocycles. The molecule has 0 aromatic heterocycles. The van der Waals surface area contributed by atoms with Gasteiger partial charge in [-0.2, -0.15) is 13.2 Å². The van der Waals surface area contributed by atoms with Crippen LogP contribution in [-0.2, 0) is 11.0 Å². The SMILES string of the molecule is CCCCCCC(Oc1ccc(Cl)c(C(F)(F)F)c1)c1ccc(C(=O)NCCC(=O)O)cc1. The van der Waals surface area contributed by atoms with E-state index < -0.39 is 34.7 Å². The number of halogens is 4. The standard InChI is InChI=1S/C24H27ClF3NO4/c1-2-3-4-5-6-21(33-18-11-12-20(25)19(15-18)24(26,27)28)16-7-9-17(10-8-16)23(32)29-14-13-22(30)31/h7-12,15,21H,2-6,13-14H2,1H3,(H,29,32)(H,30,31). The van der Waals surface area contributed by atoms with Gasteiger partial charge in [0.2, 0.25) is 0 Å². The van der Waals surface area contributed by atoms with Crippen molar-refractivity contribution in [3.05, 3.63) is 64.2 Å². The Morgan fingerprint density at radius 3 is 2.39 bits per heavy atom. The minimum atomic E-state index is -4.59. The average Bonchev–Trinajstić information content (AvgIpc) is 2.76. The molecule has 0 bridgehead atoms. The van der Waals surface area contributed by atoms with Gasteiger partial charge in [-0.3, -0.25) is 9.59 Å². The number of rotatable bonds is 12. The van der Waals surface area contributed by atoms with E-state index in [0.29, 0.717) is 12.0 Å². The number of amides is 1. The van der Waals surface area contributed by atoms with Crippen molar-refractivity contribution in [2.24, 2.45) is 0 Å². The molecule has 2 aromatic carbocycles. The van der Waals surface area contributed by atoms with Crippen LogP contribution in [0.15, 0.2) is 42.5 Å². The summed E-state index contributed by atoms with van der Waals surface area (Å²) in [5.74, 6) is -1.36. The Labute approximate surface area is 195 Å². The fraction of sp³-hybridized carbons (Fsp3) is 0.417. The summed E-state index contributed by atoms with van der Waals surface area (Å²) >= 11 is 5.71. The number of hydrogen-bond donors (Lipinski definition) is 2. The molecule has 0 radical (unpaired) electrons. The Hall–Kier alpha value is -2.74. The van der Waals surface area contributed by atoms with Crippen molar-refractivity contribution in [2.75, 3.05) is 6.54 Å². The lowest BCUT2D eigenvalue weighted by Gasteiger charge is -2.21. The number of carboxylic acids is 1. The number of ether oxygens (including phenoxy) is 1. The van der Waals surface area contributed by atoms with Crippen LogP contribution in [0.2, 0.25) is 5.02 Å². The second kappa shape index (κ2) is 12.5. The molecule has 0 saturated carbocycles. The molecule has 33 heavy (non-hydrogen) atoms. The highest BCUT2D eigenvalue weighted by molar-refractivity contribution is 6.31. The van der Waals surface area contributed by atoms with E-state index in [1.807, 2.05) is 0 Å². The molecule has 2 rings (SSSR count). The predicted molar refractivity (Wildman–Crippen MR) is 120 cm³/mol. The molecule has 1 amide bonds. The number of carbonyl (C=O) groups excluding carboxylic acids is 1. The Morgan fingerprint density at radius 2 is 1.79 bits per heavy atom. The smallest absolute Gasteiger partial charge is 0.417 e. The highest BCUT2D eigenvalue weighted by atomic mass is 35.5. The molecule has 0 heterocycles. The second-order valence-corrected chi connectivity index (χ2v) is 8.02. The molecule has 5 nitrogen and oxygen atoms in total. The van der Waals surface area contributed by atoms with Crippen molar-refractivity contribution < 1.29 is 32.6 Å². The first-order valence-corrected chi connectivity index (χ1v) is 11.1. The van der Waals surface area contributed by atoms with Gasteiger partial charge >= 0.3 is 12.1 Å². The van der Waals surface area contributed by atoms with Gasteiger partial charge in [0.1, 0.15) is 11.9 Å². The van der Waals surface area contributed by atoms with Gasteiger partial charge in [0.25, 0.3) is 5.91 Å². The number of hydrogen-bond acceptors (Lipinski definition) is 3. The van der Waals surface area contributed by atoms with E-state index in [1.54, 1.807) is 24.3 Å². The van der Waals surface area contributed by atoms with Gasteiger partial charge < -0.3 is 15.2 Å². The van der Waals surface area contributed by atoms with E-state index >= 15 is 0 Å². The molecule has 9 heteroatoms. The molecule has 1 unspecified atom stereocenters. The maximum absolute atomic E-state index is 13.2. The van der Waals surface area contributed by atoms with Gasteiger partial charge in [-0.05, 0) is 48.7 Å². The summed E-state index contributed by atoms with van der Waals surface area (Å²) in [5.41, 5.74) is 0.108. The van der Waals surface area contributed by atoms with Crippen molar-refractivity contribution >= 4 is 23.5 Å². The maximum Gasteiger partial charge on any atom is 0.417 e. The van der Waals surface area contributed by atoms with Gasteiger partial charge in [0.05, 0.1) is 17.0 Å². The number of carbonyl (C=O) groups is 2. The van der Waals surface area contributed by atoms with Crippen LogP contribution in [0.4, 0.5) is 13.2 Å². The number of carboxylic acid groups (broad SMARTS) is 1. The maximum atomic E-state index is 13.2.